The van der Waals surface area contributed by atoms with Gasteiger partial charge in [-0.1, -0.05) is 0 Å². The molecule has 3 nitrogen and oxygen atoms in total. The number of hydrogen-bond acceptors (Lipinski definition) is 3. The van der Waals surface area contributed by atoms with Gasteiger partial charge in [-0.25, -0.2) is 4.39 Å². The molecule has 1 atom stereocenters. The number of ether oxygens (including phenoxy) is 1. The van der Waals surface area contributed by atoms with E-state index in [1.807, 2.05) is 0 Å². The second kappa shape index (κ2) is 4.06. The molecule has 15 heavy (non-hydrogen) atoms. The van der Waals surface area contributed by atoms with Crippen LogP contribution in [0.15, 0.2) is 12.1 Å². The molecule has 0 amide bonds. The first-order valence-electron chi connectivity index (χ1n) is 5.02. The Balaban J connectivity index is 2.37. The molecule has 2 rings (SSSR count). The van der Waals surface area contributed by atoms with E-state index in [9.17, 15) is 9.50 Å². The Kier molecular flexibility index (Phi) is 2.77. The van der Waals surface area contributed by atoms with Crippen molar-refractivity contribution in [1.82, 2.24) is 5.32 Å². The number of nitrogens with one attached hydrogen (secondary N) is 1. The monoisotopic (exact) mass is 211 g/mol. The molecule has 0 unspecified atom stereocenters. The minimum Gasteiger partial charge on any atom is -0.504 e. The molecule has 1 saturated heterocycles. The van der Waals surface area contributed by atoms with Crippen LogP contribution in [0.3, 0.4) is 0 Å². The van der Waals surface area contributed by atoms with E-state index < -0.39 is 0 Å². The number of aromatic hydroxyl groups is 1. The maximum Gasteiger partial charge on any atom is 0.161 e. The Hall–Kier alpha value is -1.29. The summed E-state index contributed by atoms with van der Waals surface area (Å²) in [6.45, 7) is 0.910. The van der Waals surface area contributed by atoms with Crippen molar-refractivity contribution in [2.45, 2.75) is 18.9 Å². The minimum atomic E-state index is -0.382. The Morgan fingerprint density at radius 3 is 2.93 bits per heavy atom. The molecule has 0 spiro atoms. The van der Waals surface area contributed by atoms with Crippen LogP contribution in [0.25, 0.3) is 0 Å². The number of methoxy groups -OCH3 is 1. The zero-order valence-corrected chi connectivity index (χ0v) is 8.59. The molecule has 1 aliphatic heterocycles. The van der Waals surface area contributed by atoms with Gasteiger partial charge in [0.2, 0.25) is 0 Å². The molecule has 1 heterocycles. The van der Waals surface area contributed by atoms with E-state index in [1.165, 1.54) is 7.11 Å². The Labute approximate surface area is 87.9 Å². The van der Waals surface area contributed by atoms with Crippen molar-refractivity contribution >= 4 is 0 Å². The van der Waals surface area contributed by atoms with Crippen molar-refractivity contribution in [3.05, 3.63) is 23.5 Å². The van der Waals surface area contributed by atoms with Crippen molar-refractivity contribution in [2.24, 2.45) is 0 Å². The number of hydrogen-bond donors (Lipinski definition) is 2. The number of benzene rings is 1. The van der Waals surface area contributed by atoms with Crippen molar-refractivity contribution in [3.63, 3.8) is 0 Å². The van der Waals surface area contributed by atoms with Gasteiger partial charge in [0.25, 0.3) is 0 Å². The smallest absolute Gasteiger partial charge is 0.161 e. The third-order valence-corrected chi connectivity index (χ3v) is 2.73. The van der Waals surface area contributed by atoms with Crippen LogP contribution in [-0.4, -0.2) is 18.8 Å². The van der Waals surface area contributed by atoms with Gasteiger partial charge in [0.15, 0.2) is 11.5 Å². The maximum atomic E-state index is 13.6. The minimum absolute atomic E-state index is 0.0412. The van der Waals surface area contributed by atoms with E-state index in [-0.39, 0.29) is 17.6 Å². The lowest BCUT2D eigenvalue weighted by Crippen LogP contribution is -2.14. The molecular weight excluding hydrogens is 197 g/mol. The molecule has 1 aromatic rings. The fourth-order valence-corrected chi connectivity index (χ4v) is 1.94. The number of phenols is 1. The topological polar surface area (TPSA) is 41.5 Å². The zero-order valence-electron chi connectivity index (χ0n) is 8.59. The molecule has 1 fully saturated rings. The zero-order chi connectivity index (χ0) is 10.8. The van der Waals surface area contributed by atoms with Gasteiger partial charge in [0, 0.05) is 17.7 Å². The van der Waals surface area contributed by atoms with Crippen molar-refractivity contribution in [3.8, 4) is 11.5 Å². The fourth-order valence-electron chi connectivity index (χ4n) is 1.94. The van der Waals surface area contributed by atoms with E-state index in [1.54, 1.807) is 6.07 Å². The normalized spacial score (nSPS) is 20.5. The van der Waals surface area contributed by atoms with E-state index in [0.717, 1.165) is 25.5 Å². The van der Waals surface area contributed by atoms with Crippen LogP contribution in [0.1, 0.15) is 24.4 Å². The Morgan fingerprint density at radius 2 is 2.33 bits per heavy atom. The number of rotatable bonds is 2. The molecule has 0 saturated carbocycles. The maximum absolute atomic E-state index is 13.6. The fraction of sp³-hybridized carbons (Fsp3) is 0.455. The molecule has 1 aromatic carbocycles. The predicted molar refractivity (Wildman–Crippen MR) is 54.6 cm³/mol. The van der Waals surface area contributed by atoms with E-state index in [4.69, 9.17) is 4.74 Å². The molecule has 2 N–H and O–H groups in total. The Bertz CT molecular complexity index is 362. The summed E-state index contributed by atoms with van der Waals surface area (Å²) in [6, 6.07) is 2.71. The highest BCUT2D eigenvalue weighted by molar-refractivity contribution is 5.43. The van der Waals surface area contributed by atoms with E-state index in [0.29, 0.717) is 11.3 Å². The lowest BCUT2D eigenvalue weighted by atomic mass is 10.0. The molecule has 0 bridgehead atoms. The molecular formula is C11H14FNO2. The first-order chi connectivity index (χ1) is 7.22. The van der Waals surface area contributed by atoms with Crippen LogP contribution in [0.5, 0.6) is 11.5 Å². The molecule has 82 valence electrons. The lowest BCUT2D eigenvalue weighted by molar-refractivity contribution is 0.368. The van der Waals surface area contributed by atoms with Crippen molar-refractivity contribution in [1.29, 1.82) is 0 Å². The molecule has 0 aromatic heterocycles. The van der Waals surface area contributed by atoms with Gasteiger partial charge < -0.3 is 15.2 Å². The van der Waals surface area contributed by atoms with Gasteiger partial charge in [0.05, 0.1) is 7.11 Å². The van der Waals surface area contributed by atoms with Gasteiger partial charge >= 0.3 is 0 Å². The van der Waals surface area contributed by atoms with Crippen molar-refractivity contribution in [2.75, 3.05) is 13.7 Å². The van der Waals surface area contributed by atoms with Crippen LogP contribution in [0, 0.1) is 5.82 Å². The SMILES string of the molecule is COc1cc([C@H]2CCCN2)c(F)cc1O. The van der Waals surface area contributed by atoms with Crippen LogP contribution in [-0.2, 0) is 0 Å². The number of halogens is 1. The first kappa shape index (κ1) is 10.2. The van der Waals surface area contributed by atoms with Gasteiger partial charge in [0.1, 0.15) is 5.82 Å². The molecule has 4 heteroatoms. The van der Waals surface area contributed by atoms with Gasteiger partial charge in [-0.2, -0.15) is 0 Å². The van der Waals surface area contributed by atoms with Crippen LogP contribution >= 0.6 is 0 Å². The van der Waals surface area contributed by atoms with Gasteiger partial charge in [-0.3, -0.25) is 0 Å². The summed E-state index contributed by atoms with van der Waals surface area (Å²) in [7, 11) is 1.46. The van der Waals surface area contributed by atoms with Crippen LogP contribution < -0.4 is 10.1 Å². The van der Waals surface area contributed by atoms with E-state index in [2.05, 4.69) is 5.32 Å². The summed E-state index contributed by atoms with van der Waals surface area (Å²) >= 11 is 0. The van der Waals surface area contributed by atoms with Gasteiger partial charge in [-0.15, -0.1) is 0 Å². The summed E-state index contributed by atoms with van der Waals surface area (Å²) in [6.07, 6.45) is 1.97. The predicted octanol–water partition coefficient (Wildman–Crippen LogP) is 1.96. The summed E-state index contributed by atoms with van der Waals surface area (Å²) < 4.78 is 18.5. The summed E-state index contributed by atoms with van der Waals surface area (Å²) in [5.41, 5.74) is 0.571. The molecule has 0 aliphatic carbocycles. The molecule has 0 radical (unpaired) electrons. The second-order valence-electron chi connectivity index (χ2n) is 3.69. The van der Waals surface area contributed by atoms with Crippen LogP contribution in [0.2, 0.25) is 0 Å². The quantitative estimate of drug-likeness (QED) is 0.785. The van der Waals surface area contributed by atoms with Crippen molar-refractivity contribution < 1.29 is 14.2 Å². The third-order valence-electron chi connectivity index (χ3n) is 2.73. The average molecular weight is 211 g/mol. The lowest BCUT2D eigenvalue weighted by Gasteiger charge is -2.13. The van der Waals surface area contributed by atoms with Crippen LogP contribution in [0.4, 0.5) is 4.39 Å². The highest BCUT2D eigenvalue weighted by Gasteiger charge is 2.21. The standard InChI is InChI=1S/C11H14FNO2/c1-15-11-5-7(8(12)6-10(11)14)9-3-2-4-13-9/h5-6,9,13-14H,2-4H2,1H3/t9-/m1/s1. The number of phenolic OH excluding ortho intramolecular Hbond substituents is 1. The van der Waals surface area contributed by atoms with E-state index >= 15 is 0 Å². The largest absolute Gasteiger partial charge is 0.504 e. The highest BCUT2D eigenvalue weighted by Crippen LogP contribution is 2.34. The highest BCUT2D eigenvalue weighted by atomic mass is 19.1. The first-order valence-corrected chi connectivity index (χ1v) is 5.02. The summed E-state index contributed by atoms with van der Waals surface area (Å²) in [5.74, 6) is -0.218. The average Bonchev–Trinajstić information content (AvgIpc) is 2.71. The molecule has 1 aliphatic rings. The summed E-state index contributed by atoms with van der Waals surface area (Å²) in [4.78, 5) is 0. The summed E-state index contributed by atoms with van der Waals surface area (Å²) in [5, 5.41) is 12.6. The van der Waals surface area contributed by atoms with Gasteiger partial charge in [-0.05, 0) is 25.5 Å². The Morgan fingerprint density at radius 1 is 1.53 bits per heavy atom. The third kappa shape index (κ3) is 1.90. The second-order valence-corrected chi connectivity index (χ2v) is 3.69.